The molecule has 0 amide bonds. The standard InChI is InChI=1S/6CN.Fe.6K.H3O4P/c6*1-2;;;;;;;;1-5(2,3)4/h;;;;;;;;;;;;;(H3,1,2,3,4)/q6*-1;+3;6*+1;/p-3. The third kappa shape index (κ3) is 434. The van der Waals surface area contributed by atoms with Crippen LogP contribution in [0.15, 0.2) is 0 Å². The minimum Gasteiger partial charge on any atom is -0.822 e. The van der Waals surface area contributed by atoms with E-state index in [0.29, 0.717) is 0 Å². The van der Waals surface area contributed by atoms with Gasteiger partial charge in [0, 0.05) is 0 Å². The molecule has 0 aromatic rings. The second kappa shape index (κ2) is 146. The van der Waals surface area contributed by atoms with Gasteiger partial charge in [-0.2, -0.15) is 7.82 Å². The minimum atomic E-state index is -5.39. The molecule has 0 aliphatic rings. The molecule has 0 atom stereocenters. The predicted molar refractivity (Wildman–Crippen MR) is 37.4 cm³/mol. The number of nitrogens with zero attached hydrogens (tertiary/aromatic N) is 6. The van der Waals surface area contributed by atoms with E-state index in [4.69, 9.17) is 90.2 Å². The number of phosphoric acid groups is 1. The van der Waals surface area contributed by atoms with E-state index in [2.05, 4.69) is 0 Å². The van der Waals surface area contributed by atoms with Crippen molar-refractivity contribution in [3.8, 4) is 0 Å². The first kappa shape index (κ1) is 95.9. The molecule has 0 heterocycles. The van der Waals surface area contributed by atoms with Crippen LogP contribution in [-0.2, 0) is 21.6 Å². The topological polar surface area (TPSA) is 229 Å². The molecule has 0 aromatic heterocycles. The van der Waals surface area contributed by atoms with E-state index in [0.717, 1.165) is 0 Å². The van der Waals surface area contributed by atoms with Crippen LogP contribution in [0.25, 0.3) is 0 Å². The van der Waals surface area contributed by atoms with Gasteiger partial charge in [-0.05, 0) is 0 Å². The van der Waals surface area contributed by atoms with Gasteiger partial charge in [-0.3, -0.25) is 0 Å². The van der Waals surface area contributed by atoms with Crippen molar-refractivity contribution in [3.05, 3.63) is 39.4 Å². The first-order valence-electron chi connectivity index (χ1n) is 2.07. The Morgan fingerprint density at radius 1 is 0.458 bits per heavy atom. The van der Waals surface area contributed by atoms with Crippen LogP contribution in [0.3, 0.4) is 0 Å². The average Bonchev–Trinajstić information content (AvgIpc) is 2.41. The van der Waals surface area contributed by atoms with Gasteiger partial charge in [-0.25, -0.2) is 0 Å². The molecule has 0 bridgehead atoms. The van der Waals surface area contributed by atoms with E-state index in [-0.39, 0.29) is 325 Å². The van der Waals surface area contributed by atoms with Crippen LogP contribution >= 0.6 is 7.82 Å². The van der Waals surface area contributed by atoms with Crippen molar-refractivity contribution in [1.29, 1.82) is 31.6 Å². The Labute approximate surface area is 409 Å². The van der Waals surface area contributed by atoms with Gasteiger partial charge in [-0.15, -0.1) is 0 Å². The molecule has 0 spiro atoms. The third-order valence-corrected chi connectivity index (χ3v) is 0. The average molecular weight is 542 g/mol. The molecule has 0 N–H and O–H groups in total. The first-order chi connectivity index (χ1) is 8.00. The summed E-state index contributed by atoms with van der Waals surface area (Å²) in [4.78, 5) is 25.6. The molecule has 24 heavy (non-hydrogen) atoms. The zero-order valence-electron chi connectivity index (χ0n) is 14.1. The monoisotopic (exact) mass is 541 g/mol. The molecule has 97 valence electrons. The fourth-order valence-electron chi connectivity index (χ4n) is 0. The summed E-state index contributed by atoms with van der Waals surface area (Å²) in [5.74, 6) is 0. The Bertz CT molecular complexity index is 229. The molecule has 0 aliphatic heterocycles. The molecular weight excluding hydrogens is 542 g/mol. The number of rotatable bonds is 0. The molecule has 0 saturated heterocycles. The van der Waals surface area contributed by atoms with Gasteiger partial charge in [0.05, 0.1) is 0 Å². The molecule has 18 heteroatoms. The SMILES string of the molecule is O=P([O-])([O-])[O-].[C-]#N.[C-]#N.[C-]#N.[C-]#N.[C-]#N.[C-]#N.[Fe+3].[K+].[K+].[K+].[K+].[K+].[K+]. The molecule has 0 unspecified atom stereocenters. The summed E-state index contributed by atoms with van der Waals surface area (Å²) in [6.45, 7) is 28.5. The molecule has 0 aliphatic carbocycles. The van der Waals surface area contributed by atoms with E-state index >= 15 is 0 Å². The second-order valence-corrected chi connectivity index (χ2v) is 1.34. The minimum absolute atomic E-state index is 0. The van der Waals surface area contributed by atoms with Crippen LogP contribution < -0.4 is 323 Å². The van der Waals surface area contributed by atoms with E-state index in [1.165, 1.54) is 0 Å². The molecule has 10 nitrogen and oxygen atoms in total. The van der Waals surface area contributed by atoms with Gasteiger partial charge in [0.2, 0.25) is 0 Å². The number of hydrogen-bond acceptors (Lipinski definition) is 10. The fraction of sp³-hybridized carbons (Fsp3) is 0. The smallest absolute Gasteiger partial charge is 0.822 e. The van der Waals surface area contributed by atoms with Crippen LogP contribution in [-0.4, -0.2) is 0 Å². The van der Waals surface area contributed by atoms with Crippen LogP contribution in [0.1, 0.15) is 0 Å². The van der Waals surface area contributed by atoms with Crippen LogP contribution in [0.4, 0.5) is 0 Å². The second-order valence-electron chi connectivity index (χ2n) is 0.447. The first-order valence-corrected chi connectivity index (χ1v) is 3.53. The van der Waals surface area contributed by atoms with Crippen molar-refractivity contribution in [3.63, 3.8) is 0 Å². The predicted octanol–water partition coefficient (Wildman–Crippen LogP) is -20.2. The van der Waals surface area contributed by atoms with Gasteiger partial charge < -0.3 is 90.2 Å². The third-order valence-electron chi connectivity index (χ3n) is 0. The number of hydrogen-bond donors (Lipinski definition) is 0. The van der Waals surface area contributed by atoms with Crippen molar-refractivity contribution in [1.82, 2.24) is 0 Å². The Morgan fingerprint density at radius 2 is 0.458 bits per heavy atom. The summed E-state index contributed by atoms with van der Waals surface area (Å²) in [5.41, 5.74) is 0. The van der Waals surface area contributed by atoms with Crippen molar-refractivity contribution in [2.24, 2.45) is 0 Å². The van der Waals surface area contributed by atoms with Crippen molar-refractivity contribution >= 4 is 7.82 Å². The maximum Gasteiger partial charge on any atom is 3.00 e. The Morgan fingerprint density at radius 3 is 0.458 bits per heavy atom. The van der Waals surface area contributed by atoms with E-state index < -0.39 is 7.82 Å². The molecule has 0 fully saturated rings. The van der Waals surface area contributed by atoms with Gasteiger partial charge in [0.1, 0.15) is 0 Å². The Balaban J connectivity index is -0.00000000403. The zero-order valence-corrected chi connectivity index (χ0v) is 34.9. The summed E-state index contributed by atoms with van der Waals surface area (Å²) in [7, 11) is -5.39. The fourth-order valence-corrected chi connectivity index (χ4v) is 0. The molecule has 0 aromatic carbocycles. The summed E-state index contributed by atoms with van der Waals surface area (Å²) >= 11 is 0. The Kier molecular flexibility index (Phi) is 585. The van der Waals surface area contributed by atoms with Gasteiger partial charge in [0.15, 0.2) is 0 Å². The maximum atomic E-state index is 8.55. The van der Waals surface area contributed by atoms with E-state index in [9.17, 15) is 0 Å². The summed E-state index contributed by atoms with van der Waals surface area (Å²) in [6, 6.07) is 0. The van der Waals surface area contributed by atoms with E-state index in [1.807, 2.05) is 0 Å². The molecule has 1 radical (unpaired) electrons. The summed E-state index contributed by atoms with van der Waals surface area (Å²) < 4.78 is 8.55. The summed E-state index contributed by atoms with van der Waals surface area (Å²) in [6.07, 6.45) is 0. The van der Waals surface area contributed by atoms with Crippen LogP contribution in [0.5, 0.6) is 0 Å². The van der Waals surface area contributed by atoms with Gasteiger partial charge in [-0.1, -0.05) is 0 Å². The Hall–Kier alpha value is 7.39. The maximum absolute atomic E-state index is 8.55. The van der Waals surface area contributed by atoms with Gasteiger partial charge in [0.25, 0.3) is 0 Å². The van der Waals surface area contributed by atoms with Crippen molar-refractivity contribution in [2.45, 2.75) is 0 Å². The van der Waals surface area contributed by atoms with Crippen LogP contribution in [0, 0.1) is 71.0 Å². The quantitative estimate of drug-likeness (QED) is 0.160. The van der Waals surface area contributed by atoms with Gasteiger partial charge >= 0.3 is 325 Å². The largest absolute Gasteiger partial charge is 3.00 e. The van der Waals surface area contributed by atoms with Crippen molar-refractivity contribution in [2.75, 3.05) is 0 Å². The van der Waals surface area contributed by atoms with Crippen molar-refractivity contribution < 1.29 is 345 Å². The molecule has 0 saturated carbocycles. The van der Waals surface area contributed by atoms with Crippen LogP contribution in [0.2, 0.25) is 0 Å². The molecule has 0 rings (SSSR count). The summed E-state index contributed by atoms with van der Waals surface area (Å²) in [5, 5.41) is 37.5. The van der Waals surface area contributed by atoms with E-state index in [1.54, 1.807) is 0 Å². The zero-order chi connectivity index (χ0) is 16.5. The molecular formula is C6FeK6N6O4P. The normalized spacial score (nSPS) is 2.96.